The van der Waals surface area contributed by atoms with Crippen LogP contribution in [0.25, 0.3) is 10.4 Å². The number of rotatable bonds is 5. The fourth-order valence-electron chi connectivity index (χ4n) is 2.35. The van der Waals surface area contributed by atoms with Crippen molar-refractivity contribution in [1.29, 1.82) is 0 Å². The van der Waals surface area contributed by atoms with Gasteiger partial charge in [0.2, 0.25) is 0 Å². The van der Waals surface area contributed by atoms with Gasteiger partial charge in [0.05, 0.1) is 13.2 Å². The number of esters is 1. The predicted molar refractivity (Wildman–Crippen MR) is 62.1 cm³/mol. The molecule has 0 saturated heterocycles. The van der Waals surface area contributed by atoms with E-state index in [1.54, 1.807) is 0 Å². The first-order valence-electron chi connectivity index (χ1n) is 5.99. The topological polar surface area (TPSA) is 95.3 Å². The summed E-state index contributed by atoms with van der Waals surface area (Å²) in [6, 6.07) is -0.712. The van der Waals surface area contributed by atoms with E-state index in [0.717, 1.165) is 12.8 Å². The van der Waals surface area contributed by atoms with Crippen LogP contribution in [-0.4, -0.2) is 30.3 Å². The summed E-state index contributed by atoms with van der Waals surface area (Å²) in [5.41, 5.74) is 8.46. The molecule has 0 aromatic heterocycles. The molecule has 0 amide bonds. The second kappa shape index (κ2) is 7.14. The van der Waals surface area contributed by atoms with Gasteiger partial charge in [-0.15, -0.1) is 0 Å². The lowest BCUT2D eigenvalue weighted by atomic mass is 9.84. The Bertz CT molecular complexity index is 296. The first-order valence-corrected chi connectivity index (χ1v) is 5.99. The Balaban J connectivity index is 2.58. The van der Waals surface area contributed by atoms with Crippen LogP contribution in [0, 0.1) is 5.92 Å². The molecular formula is C11H19N3O3. The molecule has 6 nitrogen and oxygen atoms in total. The average Bonchev–Trinajstić information content (AvgIpc) is 2.37. The minimum Gasteiger partial charge on any atom is -0.467 e. The van der Waals surface area contributed by atoms with Crippen LogP contribution in [0.1, 0.15) is 38.5 Å². The van der Waals surface area contributed by atoms with Crippen molar-refractivity contribution >= 4 is 5.97 Å². The van der Waals surface area contributed by atoms with Crippen molar-refractivity contribution in [3.05, 3.63) is 10.4 Å². The summed E-state index contributed by atoms with van der Waals surface area (Å²) in [5.74, 6) is -0.309. The van der Waals surface area contributed by atoms with Crippen LogP contribution in [0.15, 0.2) is 5.11 Å². The normalized spacial score (nSPS) is 20.1. The van der Waals surface area contributed by atoms with Gasteiger partial charge in [0.1, 0.15) is 0 Å². The highest BCUT2D eigenvalue weighted by molar-refractivity contribution is 5.75. The van der Waals surface area contributed by atoms with Crippen LogP contribution < -0.4 is 0 Å². The van der Waals surface area contributed by atoms with Crippen LogP contribution in [0.2, 0.25) is 0 Å². The summed E-state index contributed by atoms with van der Waals surface area (Å²) in [6.07, 6.45) is 4.93. The van der Waals surface area contributed by atoms with E-state index in [4.69, 9.17) is 5.53 Å². The Morgan fingerprint density at radius 1 is 1.53 bits per heavy atom. The van der Waals surface area contributed by atoms with Gasteiger partial charge in [-0.05, 0) is 17.9 Å². The van der Waals surface area contributed by atoms with Gasteiger partial charge in [-0.2, -0.15) is 0 Å². The average molecular weight is 241 g/mol. The molecule has 0 heterocycles. The SMILES string of the molecule is COC(=O)[C@H](O)[C@H](CC1CCCCC1)N=[N+]=[N-]. The van der Waals surface area contributed by atoms with Gasteiger partial charge in [0.15, 0.2) is 6.10 Å². The number of carbonyl (C=O) groups excluding carboxylic acids is 1. The van der Waals surface area contributed by atoms with Crippen molar-refractivity contribution in [2.75, 3.05) is 7.11 Å². The number of aliphatic hydroxyl groups is 1. The number of hydrogen-bond donors (Lipinski definition) is 1. The van der Waals surface area contributed by atoms with E-state index < -0.39 is 18.1 Å². The maximum Gasteiger partial charge on any atom is 0.335 e. The van der Waals surface area contributed by atoms with Gasteiger partial charge in [0.25, 0.3) is 0 Å². The molecule has 0 aliphatic heterocycles. The standard InChI is InChI=1S/C11H19N3O3/c1-17-11(16)10(15)9(13-14-12)7-8-5-3-2-4-6-8/h8-10,15H,2-7H2,1H3/t9-,10+/m0/s1. The lowest BCUT2D eigenvalue weighted by molar-refractivity contribution is -0.151. The van der Waals surface area contributed by atoms with Gasteiger partial charge in [-0.1, -0.05) is 37.2 Å². The minimum atomic E-state index is -1.35. The van der Waals surface area contributed by atoms with E-state index >= 15 is 0 Å². The molecule has 1 aliphatic rings. The third kappa shape index (κ3) is 4.24. The fourth-order valence-corrected chi connectivity index (χ4v) is 2.35. The zero-order valence-electron chi connectivity index (χ0n) is 10.1. The quantitative estimate of drug-likeness (QED) is 0.346. The summed E-state index contributed by atoms with van der Waals surface area (Å²) in [4.78, 5) is 13.9. The van der Waals surface area contributed by atoms with Crippen LogP contribution in [0.3, 0.4) is 0 Å². The van der Waals surface area contributed by atoms with E-state index in [1.807, 2.05) is 0 Å². The molecule has 2 atom stereocenters. The molecule has 0 unspecified atom stereocenters. The summed E-state index contributed by atoms with van der Waals surface area (Å²) >= 11 is 0. The summed E-state index contributed by atoms with van der Waals surface area (Å²) in [7, 11) is 1.21. The first kappa shape index (κ1) is 13.8. The Kier molecular flexibility index (Phi) is 5.80. The van der Waals surface area contributed by atoms with Crippen LogP contribution in [-0.2, 0) is 9.53 Å². The third-order valence-corrected chi connectivity index (χ3v) is 3.31. The zero-order valence-corrected chi connectivity index (χ0v) is 10.1. The molecule has 1 rings (SSSR count). The van der Waals surface area contributed by atoms with Gasteiger partial charge in [-0.3, -0.25) is 0 Å². The highest BCUT2D eigenvalue weighted by atomic mass is 16.5. The first-order chi connectivity index (χ1) is 8.19. The summed E-state index contributed by atoms with van der Waals surface area (Å²) in [5, 5.41) is 13.2. The van der Waals surface area contributed by atoms with E-state index in [-0.39, 0.29) is 0 Å². The highest BCUT2D eigenvalue weighted by Crippen LogP contribution is 2.29. The van der Waals surface area contributed by atoms with E-state index in [2.05, 4.69) is 14.8 Å². The Hall–Kier alpha value is -1.26. The number of methoxy groups -OCH3 is 1. The van der Waals surface area contributed by atoms with E-state index in [0.29, 0.717) is 12.3 Å². The van der Waals surface area contributed by atoms with Crippen LogP contribution in [0.5, 0.6) is 0 Å². The molecule has 0 aromatic carbocycles. The number of azide groups is 1. The second-order valence-corrected chi connectivity index (χ2v) is 4.48. The summed E-state index contributed by atoms with van der Waals surface area (Å²) in [6.45, 7) is 0. The van der Waals surface area contributed by atoms with Gasteiger partial charge >= 0.3 is 5.97 Å². The van der Waals surface area contributed by atoms with Crippen molar-refractivity contribution in [3.63, 3.8) is 0 Å². The largest absolute Gasteiger partial charge is 0.467 e. The minimum absolute atomic E-state index is 0.429. The molecule has 96 valence electrons. The fraction of sp³-hybridized carbons (Fsp3) is 0.909. The van der Waals surface area contributed by atoms with Gasteiger partial charge in [-0.25, -0.2) is 4.79 Å². The van der Waals surface area contributed by atoms with Crippen molar-refractivity contribution in [1.82, 2.24) is 0 Å². The molecule has 1 fully saturated rings. The molecule has 1 aliphatic carbocycles. The number of hydrogen-bond acceptors (Lipinski definition) is 4. The van der Waals surface area contributed by atoms with Gasteiger partial charge < -0.3 is 9.84 Å². The van der Waals surface area contributed by atoms with Crippen LogP contribution in [0.4, 0.5) is 0 Å². The van der Waals surface area contributed by atoms with Gasteiger partial charge in [0, 0.05) is 4.91 Å². The number of carbonyl (C=O) groups is 1. The van der Waals surface area contributed by atoms with Crippen molar-refractivity contribution < 1.29 is 14.6 Å². The Morgan fingerprint density at radius 2 is 2.18 bits per heavy atom. The molecule has 0 radical (unpaired) electrons. The zero-order chi connectivity index (χ0) is 12.7. The predicted octanol–water partition coefficient (Wildman–Crippen LogP) is 2.17. The molecule has 0 spiro atoms. The molecule has 17 heavy (non-hydrogen) atoms. The van der Waals surface area contributed by atoms with E-state index in [1.165, 1.54) is 26.4 Å². The molecule has 0 bridgehead atoms. The smallest absolute Gasteiger partial charge is 0.335 e. The number of aliphatic hydroxyl groups excluding tert-OH is 1. The molecule has 1 saturated carbocycles. The monoisotopic (exact) mass is 241 g/mol. The molecule has 1 N–H and O–H groups in total. The second-order valence-electron chi connectivity index (χ2n) is 4.48. The van der Waals surface area contributed by atoms with Crippen molar-refractivity contribution in [2.45, 2.75) is 50.7 Å². The maximum absolute atomic E-state index is 11.2. The van der Waals surface area contributed by atoms with Crippen molar-refractivity contribution in [2.24, 2.45) is 11.0 Å². The lowest BCUT2D eigenvalue weighted by Crippen LogP contribution is -2.35. The lowest BCUT2D eigenvalue weighted by Gasteiger charge is -2.25. The molecular weight excluding hydrogens is 222 g/mol. The van der Waals surface area contributed by atoms with Crippen molar-refractivity contribution in [3.8, 4) is 0 Å². The molecule has 0 aromatic rings. The number of nitrogens with zero attached hydrogens (tertiary/aromatic N) is 3. The van der Waals surface area contributed by atoms with E-state index in [9.17, 15) is 9.90 Å². The summed E-state index contributed by atoms with van der Waals surface area (Å²) < 4.78 is 4.46. The Labute approximate surface area is 101 Å². The highest BCUT2D eigenvalue weighted by Gasteiger charge is 2.29. The van der Waals surface area contributed by atoms with Crippen LogP contribution >= 0.6 is 0 Å². The third-order valence-electron chi connectivity index (χ3n) is 3.31. The molecule has 6 heteroatoms. The maximum atomic E-state index is 11.2. The Morgan fingerprint density at radius 3 is 2.71 bits per heavy atom. The number of ether oxygens (including phenoxy) is 1.